The molecule has 0 aliphatic rings. The lowest BCUT2D eigenvalue weighted by Crippen LogP contribution is -2.53. The molecule has 37 heavy (non-hydrogen) atoms. The maximum atomic E-state index is 13.0. The lowest BCUT2D eigenvalue weighted by atomic mass is 10.0. The third kappa shape index (κ3) is 8.81. The second-order valence-corrected chi connectivity index (χ2v) is 8.23. The number of amides is 3. The number of hydrogen-bond donors (Lipinski definition) is 3. The maximum Gasteiger partial charge on any atom is 0.289 e. The Balaban J connectivity index is 1.62. The monoisotopic (exact) mass is 502 g/mol. The Morgan fingerprint density at radius 1 is 0.919 bits per heavy atom. The standard InChI is InChI=1S/C28H27FN4O4/c1-19(32-25(34)15-12-20-10-13-22(29)14-11-20)27(36)33-24(17-21-7-3-2-4-8-21)26(35)28(37)31-18-23-9-5-6-16-30-23/h2-16,19,24H,17-18H2,1H3,(H,31,37)(H,32,34)(H,33,36)/b15-12+/t19-,24-/m1/s1. The Morgan fingerprint density at radius 2 is 1.62 bits per heavy atom. The highest BCUT2D eigenvalue weighted by atomic mass is 19.1. The van der Waals surface area contributed by atoms with Crippen LogP contribution in [0.3, 0.4) is 0 Å². The highest BCUT2D eigenvalue weighted by Gasteiger charge is 2.29. The molecule has 0 saturated carbocycles. The topological polar surface area (TPSA) is 117 Å². The molecule has 0 bridgehead atoms. The molecule has 0 aliphatic carbocycles. The molecule has 2 aromatic carbocycles. The van der Waals surface area contributed by atoms with E-state index in [-0.39, 0.29) is 13.0 Å². The molecular weight excluding hydrogens is 475 g/mol. The van der Waals surface area contributed by atoms with Gasteiger partial charge in [0, 0.05) is 18.7 Å². The van der Waals surface area contributed by atoms with Crippen molar-refractivity contribution in [2.24, 2.45) is 0 Å². The van der Waals surface area contributed by atoms with E-state index < -0.39 is 41.4 Å². The molecule has 9 heteroatoms. The number of carbonyl (C=O) groups excluding carboxylic acids is 4. The van der Waals surface area contributed by atoms with E-state index >= 15 is 0 Å². The fourth-order valence-corrected chi connectivity index (χ4v) is 3.35. The molecule has 0 radical (unpaired) electrons. The van der Waals surface area contributed by atoms with E-state index in [0.717, 1.165) is 5.56 Å². The maximum absolute atomic E-state index is 13.0. The van der Waals surface area contributed by atoms with Crippen molar-refractivity contribution in [1.82, 2.24) is 20.9 Å². The fraction of sp³-hybridized carbons (Fsp3) is 0.179. The summed E-state index contributed by atoms with van der Waals surface area (Å²) in [5.74, 6) is -3.24. The van der Waals surface area contributed by atoms with Crippen molar-refractivity contribution in [1.29, 1.82) is 0 Å². The van der Waals surface area contributed by atoms with Crippen molar-refractivity contribution >= 4 is 29.6 Å². The summed E-state index contributed by atoms with van der Waals surface area (Å²) in [5.41, 5.74) is 1.94. The van der Waals surface area contributed by atoms with Crippen LogP contribution in [0.4, 0.5) is 4.39 Å². The van der Waals surface area contributed by atoms with Crippen molar-refractivity contribution in [3.8, 4) is 0 Å². The van der Waals surface area contributed by atoms with Crippen LogP contribution >= 0.6 is 0 Å². The van der Waals surface area contributed by atoms with Gasteiger partial charge in [-0.25, -0.2) is 4.39 Å². The summed E-state index contributed by atoms with van der Waals surface area (Å²) in [7, 11) is 0. The van der Waals surface area contributed by atoms with Gasteiger partial charge in [-0.05, 0) is 48.4 Å². The minimum Gasteiger partial charge on any atom is -0.344 e. The van der Waals surface area contributed by atoms with E-state index in [2.05, 4.69) is 20.9 Å². The summed E-state index contributed by atoms with van der Waals surface area (Å²) in [6, 6.07) is 17.6. The summed E-state index contributed by atoms with van der Waals surface area (Å²) in [6.45, 7) is 1.52. The first-order valence-corrected chi connectivity index (χ1v) is 11.6. The van der Waals surface area contributed by atoms with Crippen molar-refractivity contribution in [3.05, 3.63) is 108 Å². The number of nitrogens with zero attached hydrogens (tertiary/aromatic N) is 1. The molecule has 1 heterocycles. The van der Waals surface area contributed by atoms with Crippen LogP contribution in [0.1, 0.15) is 23.7 Å². The smallest absolute Gasteiger partial charge is 0.289 e. The van der Waals surface area contributed by atoms with E-state index in [1.54, 1.807) is 48.7 Å². The number of Topliss-reactive ketones (excluding diaryl/α,β-unsaturated/α-hetero) is 1. The van der Waals surface area contributed by atoms with Gasteiger partial charge in [0.2, 0.25) is 17.6 Å². The summed E-state index contributed by atoms with van der Waals surface area (Å²) in [5, 5.41) is 7.63. The van der Waals surface area contributed by atoms with Gasteiger partial charge in [-0.1, -0.05) is 48.5 Å². The Labute approximate surface area is 214 Å². The lowest BCUT2D eigenvalue weighted by Gasteiger charge is -2.20. The Bertz CT molecular complexity index is 1250. The molecule has 8 nitrogen and oxygen atoms in total. The first-order chi connectivity index (χ1) is 17.8. The number of rotatable bonds is 11. The number of aromatic nitrogens is 1. The summed E-state index contributed by atoms with van der Waals surface area (Å²) < 4.78 is 13.0. The van der Waals surface area contributed by atoms with Crippen molar-refractivity contribution in [3.63, 3.8) is 0 Å². The zero-order valence-corrected chi connectivity index (χ0v) is 20.2. The number of ketones is 1. The molecular formula is C28H27FN4O4. The summed E-state index contributed by atoms with van der Waals surface area (Å²) in [6.07, 6.45) is 4.36. The van der Waals surface area contributed by atoms with Gasteiger partial charge in [0.05, 0.1) is 12.2 Å². The molecule has 190 valence electrons. The Kier molecular flexibility index (Phi) is 9.78. The molecule has 2 atom stereocenters. The molecule has 0 saturated heterocycles. The van der Waals surface area contributed by atoms with Crippen LogP contribution in [-0.4, -0.2) is 40.6 Å². The number of carbonyl (C=O) groups is 4. The third-order valence-corrected chi connectivity index (χ3v) is 5.34. The number of nitrogens with one attached hydrogen (secondary N) is 3. The number of benzene rings is 2. The van der Waals surface area contributed by atoms with Gasteiger partial charge < -0.3 is 16.0 Å². The van der Waals surface area contributed by atoms with Gasteiger partial charge in [-0.2, -0.15) is 0 Å². The zero-order chi connectivity index (χ0) is 26.6. The molecule has 0 fully saturated rings. The lowest BCUT2D eigenvalue weighted by molar-refractivity contribution is -0.140. The minimum absolute atomic E-state index is 0.0598. The van der Waals surface area contributed by atoms with Gasteiger partial charge in [0.25, 0.3) is 5.91 Å². The van der Waals surface area contributed by atoms with Crippen molar-refractivity contribution < 1.29 is 23.6 Å². The fourth-order valence-electron chi connectivity index (χ4n) is 3.35. The molecule has 0 spiro atoms. The number of pyridine rings is 1. The number of hydrogen-bond acceptors (Lipinski definition) is 5. The second kappa shape index (κ2) is 13.4. The van der Waals surface area contributed by atoms with Gasteiger partial charge in [0.15, 0.2) is 0 Å². The van der Waals surface area contributed by atoms with Crippen LogP contribution < -0.4 is 16.0 Å². The van der Waals surface area contributed by atoms with Gasteiger partial charge >= 0.3 is 0 Å². The van der Waals surface area contributed by atoms with Gasteiger partial charge in [-0.15, -0.1) is 0 Å². The van der Waals surface area contributed by atoms with E-state index in [0.29, 0.717) is 11.3 Å². The van der Waals surface area contributed by atoms with Crippen LogP contribution in [0.15, 0.2) is 85.1 Å². The third-order valence-electron chi connectivity index (χ3n) is 5.34. The first-order valence-electron chi connectivity index (χ1n) is 11.6. The van der Waals surface area contributed by atoms with Crippen LogP contribution in [0.5, 0.6) is 0 Å². The van der Waals surface area contributed by atoms with Gasteiger partial charge in [0.1, 0.15) is 17.9 Å². The Hall–Kier alpha value is -4.66. The normalized spacial score (nSPS) is 12.4. The zero-order valence-electron chi connectivity index (χ0n) is 20.2. The average Bonchev–Trinajstić information content (AvgIpc) is 2.91. The average molecular weight is 503 g/mol. The van der Waals surface area contributed by atoms with E-state index in [1.165, 1.54) is 43.3 Å². The molecule has 0 unspecified atom stereocenters. The van der Waals surface area contributed by atoms with Crippen LogP contribution in [-0.2, 0) is 32.1 Å². The van der Waals surface area contributed by atoms with Crippen molar-refractivity contribution in [2.75, 3.05) is 0 Å². The highest BCUT2D eigenvalue weighted by molar-refractivity contribution is 6.38. The van der Waals surface area contributed by atoms with Crippen LogP contribution in [0.25, 0.3) is 6.08 Å². The predicted molar refractivity (Wildman–Crippen MR) is 136 cm³/mol. The van der Waals surface area contributed by atoms with Gasteiger partial charge in [-0.3, -0.25) is 24.2 Å². The SMILES string of the molecule is C[C@@H](NC(=O)/C=C/c1ccc(F)cc1)C(=O)N[C@H](Cc1ccccc1)C(=O)C(=O)NCc1ccccn1. The van der Waals surface area contributed by atoms with Crippen LogP contribution in [0.2, 0.25) is 0 Å². The quantitative estimate of drug-likeness (QED) is 0.275. The van der Waals surface area contributed by atoms with E-state index in [4.69, 9.17) is 0 Å². The van der Waals surface area contributed by atoms with Crippen molar-refractivity contribution in [2.45, 2.75) is 32.0 Å². The Morgan fingerprint density at radius 3 is 2.30 bits per heavy atom. The van der Waals surface area contributed by atoms with Crippen LogP contribution in [0, 0.1) is 5.82 Å². The summed E-state index contributed by atoms with van der Waals surface area (Å²) in [4.78, 5) is 54.7. The molecule has 3 rings (SSSR count). The second-order valence-electron chi connectivity index (χ2n) is 8.23. The molecule has 3 aromatic rings. The predicted octanol–water partition coefficient (Wildman–Crippen LogP) is 2.35. The van der Waals surface area contributed by atoms with E-state index in [9.17, 15) is 23.6 Å². The summed E-state index contributed by atoms with van der Waals surface area (Å²) >= 11 is 0. The molecule has 1 aromatic heterocycles. The molecule has 0 aliphatic heterocycles. The first kappa shape index (κ1) is 26.9. The number of halogens is 1. The molecule has 3 amide bonds. The largest absolute Gasteiger partial charge is 0.344 e. The minimum atomic E-state index is -1.15. The highest BCUT2D eigenvalue weighted by Crippen LogP contribution is 2.06. The van der Waals surface area contributed by atoms with E-state index in [1.807, 2.05) is 6.07 Å². The molecule has 3 N–H and O–H groups in total.